The van der Waals surface area contributed by atoms with Gasteiger partial charge in [-0.2, -0.15) is 25.3 Å². The van der Waals surface area contributed by atoms with Gasteiger partial charge in [0, 0.05) is 57.0 Å². The molecule has 0 saturated carbocycles. The molecule has 0 spiro atoms. The van der Waals surface area contributed by atoms with Crippen molar-refractivity contribution < 1.29 is 58.5 Å². The first-order valence-electron chi connectivity index (χ1n) is 27.4. The maximum Gasteiger partial charge on any atom is 0.328 e. The summed E-state index contributed by atoms with van der Waals surface area (Å²) >= 11 is 10.6. The Kier molecular flexibility index (Phi) is 27.6. The molecule has 462 valence electrons. The van der Waals surface area contributed by atoms with Crippen molar-refractivity contribution in [2.24, 2.45) is 22.2 Å². The predicted molar refractivity (Wildman–Crippen MR) is 337 cm³/mol. The lowest BCUT2D eigenvalue weighted by Gasteiger charge is -2.28. The quantitative estimate of drug-likeness (QED) is 0.00836. The average molecular weight is 1340 g/mol. The summed E-state index contributed by atoms with van der Waals surface area (Å²) in [6.07, 6.45) is -1.12. The van der Waals surface area contributed by atoms with Crippen LogP contribution in [-0.2, 0) is 64.2 Å². The van der Waals surface area contributed by atoms with Gasteiger partial charge in [0.1, 0.15) is 42.3 Å². The molecule has 18 N–H and O–H groups in total. The van der Waals surface area contributed by atoms with Crippen LogP contribution in [0.4, 0.5) is 0 Å². The summed E-state index contributed by atoms with van der Waals surface area (Å²) in [4.78, 5) is 132. The number of carboxylic acids is 1. The minimum Gasteiger partial charge on any atom is -0.480 e. The van der Waals surface area contributed by atoms with E-state index in [1.54, 1.807) is 103 Å². The molecule has 0 aliphatic heterocycles. The number of aromatic nitrogens is 1. The molecular formula is C58H74IN13O12S2. The zero-order chi connectivity index (χ0) is 63.0. The molecule has 0 radical (unpaired) electrons. The van der Waals surface area contributed by atoms with Crippen LogP contribution in [0, 0.1) is 3.57 Å². The Morgan fingerprint density at radius 1 is 0.558 bits per heavy atom. The van der Waals surface area contributed by atoms with Gasteiger partial charge in [-0.15, -0.1) is 0 Å². The SMILES string of the molecule is C[C@@H](O)[C@H](NC(=O)[C@H](CS)NC(=O)[C@@H](NC(=O)[C@H](CCCCN)NC(=O)[C@@H](Cc1c[nH]c2ccccc12)NC(=O)[C@H](Cc1ccccc1)NC(=O)[C@H](CS)NC(=O)[C@@H](Cc1ccccc1)NC(=O)c1ccc(CN=C(N)N)c(I)c1)[C@@H](C)O)C(=O)O. The minimum absolute atomic E-state index is 0.0188. The molecule has 86 heavy (non-hydrogen) atoms. The topological polar surface area (TPSA) is 417 Å². The van der Waals surface area contributed by atoms with Crippen molar-refractivity contribution >= 4 is 118 Å². The van der Waals surface area contributed by atoms with Crippen molar-refractivity contribution in [2.75, 3.05) is 18.1 Å². The number of nitrogens with zero attached hydrogens (tertiary/aromatic N) is 1. The largest absolute Gasteiger partial charge is 0.480 e. The summed E-state index contributed by atoms with van der Waals surface area (Å²) in [6, 6.07) is 17.7. The Bertz CT molecular complexity index is 3170. The van der Waals surface area contributed by atoms with Crippen LogP contribution >= 0.6 is 47.8 Å². The molecule has 5 aromatic rings. The number of carbonyl (C=O) groups is 9. The molecule has 0 aliphatic rings. The summed E-state index contributed by atoms with van der Waals surface area (Å²) in [7, 11) is 0. The minimum atomic E-state index is -1.75. The summed E-state index contributed by atoms with van der Waals surface area (Å²) < 4.78 is 0.688. The first-order valence-corrected chi connectivity index (χ1v) is 29.8. The molecule has 0 aliphatic carbocycles. The van der Waals surface area contributed by atoms with E-state index >= 15 is 0 Å². The van der Waals surface area contributed by atoms with E-state index < -0.39 is 114 Å². The highest BCUT2D eigenvalue weighted by atomic mass is 127. The number of aliphatic hydroxyl groups excluding tert-OH is 2. The number of rotatable bonds is 33. The summed E-state index contributed by atoms with van der Waals surface area (Å²) in [5.41, 5.74) is 20.4. The van der Waals surface area contributed by atoms with Gasteiger partial charge < -0.3 is 80.0 Å². The molecule has 25 nitrogen and oxygen atoms in total. The van der Waals surface area contributed by atoms with E-state index in [-0.39, 0.29) is 68.2 Å². The highest BCUT2D eigenvalue weighted by Gasteiger charge is 2.37. The first kappa shape index (κ1) is 69.0. The van der Waals surface area contributed by atoms with E-state index in [2.05, 4.69) is 100 Å². The second-order valence-corrected chi connectivity index (χ2v) is 22.2. The van der Waals surface area contributed by atoms with Crippen molar-refractivity contribution in [3.8, 4) is 0 Å². The molecular weight excluding hydrogens is 1260 g/mol. The number of nitrogens with two attached hydrogens (primary N) is 3. The number of guanidine groups is 1. The number of para-hydroxylation sites is 1. The fraction of sp³-hybridized carbons (Fsp3) is 0.379. The van der Waals surface area contributed by atoms with Crippen LogP contribution in [0.2, 0.25) is 0 Å². The molecule has 0 bridgehead atoms. The number of H-pyrrole nitrogens is 1. The van der Waals surface area contributed by atoms with E-state index in [0.717, 1.165) is 12.5 Å². The third-order valence-electron chi connectivity index (χ3n) is 13.6. The van der Waals surface area contributed by atoms with Crippen LogP contribution in [-0.4, -0.2) is 158 Å². The van der Waals surface area contributed by atoms with Crippen molar-refractivity contribution in [1.82, 2.24) is 47.5 Å². The van der Waals surface area contributed by atoms with Crippen LogP contribution in [0.15, 0.2) is 114 Å². The van der Waals surface area contributed by atoms with E-state index in [4.69, 9.17) is 17.2 Å². The summed E-state index contributed by atoms with van der Waals surface area (Å²) in [6.45, 7) is 2.71. The molecule has 1 aromatic heterocycles. The molecule has 28 heteroatoms. The number of aliphatic imine (C=N–C) groups is 1. The number of amides is 8. The third kappa shape index (κ3) is 21.0. The van der Waals surface area contributed by atoms with Gasteiger partial charge in [0.2, 0.25) is 41.4 Å². The van der Waals surface area contributed by atoms with Crippen LogP contribution < -0.4 is 59.7 Å². The lowest BCUT2D eigenvalue weighted by molar-refractivity contribution is -0.145. The lowest BCUT2D eigenvalue weighted by atomic mass is 10.0. The van der Waals surface area contributed by atoms with Gasteiger partial charge in [-0.25, -0.2) is 9.79 Å². The van der Waals surface area contributed by atoms with Gasteiger partial charge in [0.15, 0.2) is 12.0 Å². The Labute approximate surface area is 521 Å². The van der Waals surface area contributed by atoms with Crippen LogP contribution in [0.1, 0.15) is 65.7 Å². The Morgan fingerprint density at radius 3 is 1.55 bits per heavy atom. The standard InChI is InChI=1S/C58H74IN13O12S2/c1-31(73)47(56(82)70-46(30-86)55(81)72-48(32(2)74)57(83)84)71-50(76)41(19-11-12-22-60)65-53(79)44(26-37-28-63-40-18-10-9-17-38(37)40)68-51(77)43(24-34-15-7-4-8-16-34)67-54(80)45(29-85)69-52(78)42(23-33-13-5-3-6-14-33)66-49(75)35-20-21-36(39(59)25-35)27-64-58(61)62/h3-10,13-18,20-21,25,28,31-32,41-48,63,73-74,85-86H,11-12,19,22-24,26-27,29-30,60H2,1-2H3,(H,65,79)(H,66,75)(H,67,80)(H,68,77)(H,69,78)(H,70,82)(H,71,76)(H,72,81)(H,83,84)(H4,61,62,64)/t31-,32-,41+,42-,43+,44-,45+,46+,47+,48+/m1/s1. The average Bonchev–Trinajstić information content (AvgIpc) is 4.01. The second-order valence-electron chi connectivity index (χ2n) is 20.3. The van der Waals surface area contributed by atoms with Gasteiger partial charge in [-0.1, -0.05) is 84.9 Å². The highest BCUT2D eigenvalue weighted by molar-refractivity contribution is 14.1. The van der Waals surface area contributed by atoms with Crippen molar-refractivity contribution in [3.05, 3.63) is 141 Å². The van der Waals surface area contributed by atoms with Crippen molar-refractivity contribution in [2.45, 2.75) is 119 Å². The fourth-order valence-electron chi connectivity index (χ4n) is 8.88. The van der Waals surface area contributed by atoms with Gasteiger partial charge in [-0.3, -0.25) is 38.4 Å². The first-order chi connectivity index (χ1) is 41.0. The zero-order valence-corrected chi connectivity index (χ0v) is 51.2. The highest BCUT2D eigenvalue weighted by Crippen LogP contribution is 2.21. The summed E-state index contributed by atoms with van der Waals surface area (Å²) in [5.74, 6) is -9.24. The van der Waals surface area contributed by atoms with Crippen molar-refractivity contribution in [1.29, 1.82) is 0 Å². The maximum atomic E-state index is 14.9. The molecule has 10 atom stereocenters. The van der Waals surface area contributed by atoms with Crippen LogP contribution in [0.25, 0.3) is 10.9 Å². The van der Waals surface area contributed by atoms with Gasteiger partial charge in [0.05, 0.1) is 18.8 Å². The monoisotopic (exact) mass is 1340 g/mol. The predicted octanol–water partition coefficient (Wildman–Crippen LogP) is -0.399. The van der Waals surface area contributed by atoms with Crippen LogP contribution in [0.3, 0.4) is 0 Å². The summed E-state index contributed by atoms with van der Waals surface area (Å²) in [5, 5.41) is 51.5. The number of carboxylic acid groups (broad SMARTS) is 1. The van der Waals surface area contributed by atoms with Gasteiger partial charge in [0.25, 0.3) is 5.91 Å². The smallest absolute Gasteiger partial charge is 0.328 e. The van der Waals surface area contributed by atoms with E-state index in [9.17, 15) is 58.5 Å². The van der Waals surface area contributed by atoms with E-state index in [0.29, 0.717) is 37.6 Å². The zero-order valence-electron chi connectivity index (χ0n) is 47.2. The third-order valence-corrected chi connectivity index (χ3v) is 15.4. The van der Waals surface area contributed by atoms with Gasteiger partial charge >= 0.3 is 5.97 Å². The number of fused-ring (bicyclic) bond motifs is 1. The number of unbranched alkanes of at least 4 members (excludes halogenated alkanes) is 1. The number of aliphatic carboxylic acids is 1. The lowest BCUT2D eigenvalue weighted by Crippen LogP contribution is -2.62. The maximum absolute atomic E-state index is 14.9. The van der Waals surface area contributed by atoms with E-state index in [1.807, 2.05) is 6.07 Å². The van der Waals surface area contributed by atoms with Crippen molar-refractivity contribution in [3.63, 3.8) is 0 Å². The fourth-order valence-corrected chi connectivity index (χ4v) is 10.1. The molecule has 5 rings (SSSR count). The number of halogens is 1. The number of thiol groups is 2. The Balaban J connectivity index is 1.41. The second kappa shape index (κ2) is 34.4. The molecule has 8 amide bonds. The van der Waals surface area contributed by atoms with Crippen LogP contribution in [0.5, 0.6) is 0 Å². The number of benzene rings is 4. The molecule has 0 unspecified atom stereocenters. The Morgan fingerprint density at radius 2 is 1.02 bits per heavy atom. The number of aliphatic hydroxyl groups is 2. The number of carbonyl (C=O) groups excluding carboxylic acids is 8. The molecule has 1 heterocycles. The van der Waals surface area contributed by atoms with E-state index in [1.165, 1.54) is 6.92 Å². The van der Waals surface area contributed by atoms with Gasteiger partial charge in [-0.05, 0) is 103 Å². The number of hydrogen-bond acceptors (Lipinski definition) is 15. The Hall–Kier alpha value is -7.77. The number of hydrogen-bond donors (Lipinski definition) is 17. The number of nitrogens with one attached hydrogen (secondary N) is 9. The number of aromatic amines is 1. The molecule has 0 saturated heterocycles. The molecule has 4 aromatic carbocycles. The molecule has 0 fully saturated rings. The normalized spacial score (nSPS) is 14.6.